The van der Waals surface area contributed by atoms with E-state index in [2.05, 4.69) is 12.2 Å². The van der Waals surface area contributed by atoms with E-state index in [-0.39, 0.29) is 22.3 Å². The van der Waals surface area contributed by atoms with E-state index in [4.69, 9.17) is 10.5 Å². The van der Waals surface area contributed by atoms with Crippen LogP contribution in [0.5, 0.6) is 0 Å². The molecule has 0 bridgehead atoms. The highest BCUT2D eigenvalue weighted by Gasteiger charge is 2.21. The maximum Gasteiger partial charge on any atom is 0.182 e. The molecule has 0 radical (unpaired) electrons. The van der Waals surface area contributed by atoms with Crippen LogP contribution >= 0.6 is 12.2 Å². The molecule has 0 aromatic heterocycles. The second kappa shape index (κ2) is 6.45. The zero-order chi connectivity index (χ0) is 14.7. The Balaban J connectivity index is 2.15. The fraction of sp³-hybridized carbons (Fsp3) is 0.500. The maximum atomic E-state index is 14.1. The molecule has 1 saturated heterocycles. The largest absolute Gasteiger partial charge is 0.389 e. The smallest absolute Gasteiger partial charge is 0.182 e. The Morgan fingerprint density at radius 2 is 2.15 bits per heavy atom. The van der Waals surface area contributed by atoms with Crippen molar-refractivity contribution < 1.29 is 13.5 Å². The molecular weight excluding hydrogens is 282 g/mol. The number of hydrogen-bond acceptors (Lipinski definition) is 3. The number of likely N-dealkylation sites (N-methyl/N-ethyl adjacent to an activating group) is 1. The Bertz CT molecular complexity index is 504. The van der Waals surface area contributed by atoms with Gasteiger partial charge in [0.15, 0.2) is 11.6 Å². The van der Waals surface area contributed by atoms with Crippen molar-refractivity contribution in [1.29, 1.82) is 0 Å². The summed E-state index contributed by atoms with van der Waals surface area (Å²) in [7, 11) is 1.72. The fourth-order valence-corrected chi connectivity index (χ4v) is 2.54. The zero-order valence-corrected chi connectivity index (χ0v) is 12.2. The predicted octanol–water partition coefficient (Wildman–Crippen LogP) is 2.60. The van der Waals surface area contributed by atoms with Gasteiger partial charge in [-0.05, 0) is 31.4 Å². The Hall–Kier alpha value is -1.27. The average Bonchev–Trinajstić information content (AvgIpc) is 2.42. The molecule has 1 heterocycles. The van der Waals surface area contributed by atoms with E-state index in [1.54, 1.807) is 11.9 Å². The summed E-state index contributed by atoms with van der Waals surface area (Å²) in [6, 6.07) is 2.91. The Labute approximate surface area is 122 Å². The van der Waals surface area contributed by atoms with E-state index in [9.17, 15) is 8.78 Å². The van der Waals surface area contributed by atoms with Crippen LogP contribution in [0.1, 0.15) is 24.8 Å². The third-order valence-corrected chi connectivity index (χ3v) is 3.71. The van der Waals surface area contributed by atoms with Crippen molar-refractivity contribution in [3.05, 3.63) is 29.3 Å². The number of rotatable bonds is 4. The van der Waals surface area contributed by atoms with Crippen LogP contribution in [0.2, 0.25) is 0 Å². The van der Waals surface area contributed by atoms with E-state index < -0.39 is 11.6 Å². The fourth-order valence-electron chi connectivity index (χ4n) is 2.38. The molecule has 1 aliphatic rings. The highest BCUT2D eigenvalue weighted by Crippen LogP contribution is 2.25. The molecule has 0 saturated carbocycles. The van der Waals surface area contributed by atoms with Crippen LogP contribution in [-0.4, -0.2) is 31.3 Å². The molecule has 0 spiro atoms. The van der Waals surface area contributed by atoms with Crippen LogP contribution in [0.3, 0.4) is 0 Å². The number of nitrogens with two attached hydrogens (primary N) is 1. The SMILES string of the molecule is CN(CC1CCCCO1)c1ccc(C(N)=S)c(F)c1F. The molecule has 0 amide bonds. The van der Waals surface area contributed by atoms with Crippen molar-refractivity contribution in [1.82, 2.24) is 0 Å². The molecule has 0 aliphatic carbocycles. The third-order valence-electron chi connectivity index (χ3n) is 3.49. The van der Waals surface area contributed by atoms with Gasteiger partial charge in [0.1, 0.15) is 4.99 Å². The summed E-state index contributed by atoms with van der Waals surface area (Å²) >= 11 is 4.69. The summed E-state index contributed by atoms with van der Waals surface area (Å²) in [5.41, 5.74) is 5.48. The van der Waals surface area contributed by atoms with Crippen LogP contribution in [0.25, 0.3) is 0 Å². The van der Waals surface area contributed by atoms with Gasteiger partial charge in [0.05, 0.1) is 11.8 Å². The molecule has 110 valence electrons. The van der Waals surface area contributed by atoms with E-state index in [0.29, 0.717) is 6.54 Å². The van der Waals surface area contributed by atoms with Crippen molar-refractivity contribution >= 4 is 22.9 Å². The Morgan fingerprint density at radius 3 is 2.75 bits per heavy atom. The molecule has 1 aromatic carbocycles. The molecule has 1 aliphatic heterocycles. The lowest BCUT2D eigenvalue weighted by molar-refractivity contribution is 0.0215. The van der Waals surface area contributed by atoms with Gasteiger partial charge in [-0.15, -0.1) is 0 Å². The summed E-state index contributed by atoms with van der Waals surface area (Å²) in [5, 5.41) is 0. The first-order chi connectivity index (χ1) is 9.50. The molecule has 3 nitrogen and oxygen atoms in total. The van der Waals surface area contributed by atoms with Gasteiger partial charge in [0, 0.05) is 25.8 Å². The number of thiocarbonyl (C=S) groups is 1. The normalized spacial score (nSPS) is 18.9. The third kappa shape index (κ3) is 3.24. The standard InChI is InChI=1S/C14H18F2N2OS/c1-18(8-9-4-2-3-7-19-9)11-6-5-10(14(17)20)12(15)13(11)16/h5-6,9H,2-4,7-8H2,1H3,(H2,17,20). The predicted molar refractivity (Wildman–Crippen MR) is 79.1 cm³/mol. The van der Waals surface area contributed by atoms with Gasteiger partial charge >= 0.3 is 0 Å². The van der Waals surface area contributed by atoms with Crippen molar-refractivity contribution in [2.24, 2.45) is 5.73 Å². The number of benzene rings is 1. The topological polar surface area (TPSA) is 38.5 Å². The van der Waals surface area contributed by atoms with Gasteiger partial charge in [-0.2, -0.15) is 0 Å². The summed E-state index contributed by atoms with van der Waals surface area (Å²) in [6.07, 6.45) is 3.17. The molecule has 20 heavy (non-hydrogen) atoms. The minimum atomic E-state index is -0.994. The monoisotopic (exact) mass is 300 g/mol. The highest BCUT2D eigenvalue weighted by molar-refractivity contribution is 7.80. The lowest BCUT2D eigenvalue weighted by Crippen LogP contribution is -2.34. The molecule has 1 aromatic rings. The van der Waals surface area contributed by atoms with Crippen LogP contribution < -0.4 is 10.6 Å². The van der Waals surface area contributed by atoms with Crippen molar-refractivity contribution in [3.63, 3.8) is 0 Å². The van der Waals surface area contributed by atoms with E-state index in [1.165, 1.54) is 12.1 Å². The number of nitrogens with zero attached hydrogens (tertiary/aromatic N) is 1. The number of halogens is 2. The Morgan fingerprint density at radius 1 is 1.40 bits per heavy atom. The summed E-state index contributed by atoms with van der Waals surface area (Å²) in [6.45, 7) is 1.26. The van der Waals surface area contributed by atoms with Crippen molar-refractivity contribution in [2.45, 2.75) is 25.4 Å². The van der Waals surface area contributed by atoms with Gasteiger partial charge in [-0.25, -0.2) is 8.78 Å². The minimum absolute atomic E-state index is 0.0615. The van der Waals surface area contributed by atoms with Crippen LogP contribution in [0.15, 0.2) is 12.1 Å². The zero-order valence-electron chi connectivity index (χ0n) is 11.4. The molecule has 2 rings (SSSR count). The molecular formula is C14H18F2N2OS. The first kappa shape index (κ1) is 15.1. The van der Waals surface area contributed by atoms with Gasteiger partial charge in [0.25, 0.3) is 0 Å². The number of ether oxygens (including phenoxy) is 1. The van der Waals surface area contributed by atoms with E-state index >= 15 is 0 Å². The summed E-state index contributed by atoms with van der Waals surface area (Å²) < 4.78 is 33.5. The second-order valence-corrected chi connectivity index (χ2v) is 5.43. The molecule has 1 unspecified atom stereocenters. The van der Waals surface area contributed by atoms with Crippen LogP contribution in [0, 0.1) is 11.6 Å². The van der Waals surface area contributed by atoms with Gasteiger partial charge in [0.2, 0.25) is 0 Å². The van der Waals surface area contributed by atoms with E-state index in [0.717, 1.165) is 25.9 Å². The lowest BCUT2D eigenvalue weighted by atomic mass is 10.1. The first-order valence-electron chi connectivity index (χ1n) is 6.61. The van der Waals surface area contributed by atoms with E-state index in [1.807, 2.05) is 0 Å². The maximum absolute atomic E-state index is 14.1. The second-order valence-electron chi connectivity index (χ2n) is 4.99. The average molecular weight is 300 g/mol. The van der Waals surface area contributed by atoms with Gasteiger partial charge < -0.3 is 15.4 Å². The highest BCUT2D eigenvalue weighted by atomic mass is 32.1. The molecule has 6 heteroatoms. The van der Waals surface area contributed by atoms with Crippen LogP contribution in [-0.2, 0) is 4.74 Å². The van der Waals surface area contributed by atoms with Crippen molar-refractivity contribution in [3.8, 4) is 0 Å². The molecule has 1 atom stereocenters. The number of hydrogen-bond donors (Lipinski definition) is 1. The molecule has 2 N–H and O–H groups in total. The first-order valence-corrected chi connectivity index (χ1v) is 7.02. The van der Waals surface area contributed by atoms with Crippen LogP contribution in [0.4, 0.5) is 14.5 Å². The summed E-state index contributed by atoms with van der Waals surface area (Å²) in [5.74, 6) is -1.92. The number of anilines is 1. The molecule has 1 fully saturated rings. The minimum Gasteiger partial charge on any atom is -0.389 e. The quantitative estimate of drug-likeness (QED) is 0.868. The summed E-state index contributed by atoms with van der Waals surface area (Å²) in [4.78, 5) is 1.52. The lowest BCUT2D eigenvalue weighted by Gasteiger charge is -2.29. The van der Waals surface area contributed by atoms with Gasteiger partial charge in [-0.1, -0.05) is 12.2 Å². The van der Waals surface area contributed by atoms with Crippen molar-refractivity contribution in [2.75, 3.05) is 25.1 Å². The Kier molecular flexibility index (Phi) is 4.88. The van der Waals surface area contributed by atoms with Gasteiger partial charge in [-0.3, -0.25) is 0 Å².